The van der Waals surface area contributed by atoms with Crippen molar-refractivity contribution in [3.05, 3.63) is 36.2 Å². The number of alkyl halides is 1. The third kappa shape index (κ3) is 1.95. The van der Waals surface area contributed by atoms with Crippen LogP contribution in [0, 0.1) is 5.92 Å². The Hall–Kier alpha value is -0.730. The SMILES string of the molecule is ClC1OCCC1C1=CC=CC=CN1. The molecule has 0 aromatic carbocycles. The Morgan fingerprint density at radius 2 is 2.31 bits per heavy atom. The molecule has 70 valence electrons. The maximum Gasteiger partial charge on any atom is 0.139 e. The van der Waals surface area contributed by atoms with Gasteiger partial charge in [-0.2, -0.15) is 0 Å². The highest BCUT2D eigenvalue weighted by atomic mass is 35.5. The molecule has 13 heavy (non-hydrogen) atoms. The van der Waals surface area contributed by atoms with Gasteiger partial charge in [0.2, 0.25) is 0 Å². The predicted octanol–water partition coefficient (Wildman–Crippen LogP) is 2.14. The van der Waals surface area contributed by atoms with Crippen LogP contribution in [0.2, 0.25) is 0 Å². The van der Waals surface area contributed by atoms with Crippen LogP contribution in [0.3, 0.4) is 0 Å². The van der Waals surface area contributed by atoms with Crippen LogP contribution in [0.5, 0.6) is 0 Å². The first kappa shape index (κ1) is 8.85. The lowest BCUT2D eigenvalue weighted by Gasteiger charge is -2.15. The van der Waals surface area contributed by atoms with E-state index in [4.69, 9.17) is 16.3 Å². The number of nitrogens with one attached hydrogen (secondary N) is 1. The molecule has 1 saturated heterocycles. The zero-order chi connectivity index (χ0) is 9.10. The minimum atomic E-state index is -0.182. The summed E-state index contributed by atoms with van der Waals surface area (Å²) in [5.74, 6) is 0.300. The standard InChI is InChI=1S/C10H12ClNO/c11-10-8(5-7-13-10)9-4-2-1-3-6-12-9/h1-4,6,8,10,12H,5,7H2. The quantitative estimate of drug-likeness (QED) is 0.651. The van der Waals surface area contributed by atoms with Crippen LogP contribution in [-0.2, 0) is 4.74 Å². The second kappa shape index (κ2) is 3.99. The maximum atomic E-state index is 6.01. The molecule has 1 N–H and O–H groups in total. The molecular formula is C10H12ClNO. The maximum absolute atomic E-state index is 6.01. The van der Waals surface area contributed by atoms with Crippen LogP contribution < -0.4 is 5.32 Å². The van der Waals surface area contributed by atoms with Crippen molar-refractivity contribution >= 4 is 11.6 Å². The molecule has 0 amide bonds. The van der Waals surface area contributed by atoms with Gasteiger partial charge in [-0.15, -0.1) is 0 Å². The summed E-state index contributed by atoms with van der Waals surface area (Å²) in [6.07, 6.45) is 10.9. The fraction of sp³-hybridized carbons (Fsp3) is 0.400. The molecular weight excluding hydrogens is 186 g/mol. The Kier molecular flexibility index (Phi) is 2.71. The van der Waals surface area contributed by atoms with E-state index in [9.17, 15) is 0 Å². The van der Waals surface area contributed by atoms with Crippen LogP contribution in [0.1, 0.15) is 6.42 Å². The van der Waals surface area contributed by atoms with E-state index >= 15 is 0 Å². The Morgan fingerprint density at radius 3 is 3.08 bits per heavy atom. The molecule has 0 aromatic rings. The lowest BCUT2D eigenvalue weighted by atomic mass is 10.0. The third-order valence-electron chi connectivity index (χ3n) is 2.27. The summed E-state index contributed by atoms with van der Waals surface area (Å²) < 4.78 is 5.30. The minimum absolute atomic E-state index is 0.182. The molecule has 2 atom stereocenters. The van der Waals surface area contributed by atoms with Crippen molar-refractivity contribution in [3.8, 4) is 0 Å². The summed E-state index contributed by atoms with van der Waals surface area (Å²) in [5, 5.41) is 3.21. The molecule has 0 spiro atoms. The number of rotatable bonds is 1. The first-order chi connectivity index (χ1) is 6.38. The van der Waals surface area contributed by atoms with Crippen molar-refractivity contribution in [1.82, 2.24) is 5.32 Å². The van der Waals surface area contributed by atoms with E-state index in [1.54, 1.807) is 0 Å². The van der Waals surface area contributed by atoms with E-state index in [1.165, 1.54) is 0 Å². The van der Waals surface area contributed by atoms with Gasteiger partial charge in [0.15, 0.2) is 0 Å². The van der Waals surface area contributed by atoms with Gasteiger partial charge in [-0.3, -0.25) is 0 Å². The van der Waals surface area contributed by atoms with Crippen molar-refractivity contribution in [2.24, 2.45) is 5.92 Å². The predicted molar refractivity (Wildman–Crippen MR) is 53.2 cm³/mol. The Morgan fingerprint density at radius 1 is 1.38 bits per heavy atom. The number of ether oxygens (including phenoxy) is 1. The van der Waals surface area contributed by atoms with Gasteiger partial charge in [0.25, 0.3) is 0 Å². The van der Waals surface area contributed by atoms with Gasteiger partial charge in [-0.25, -0.2) is 0 Å². The zero-order valence-electron chi connectivity index (χ0n) is 7.24. The first-order valence-corrected chi connectivity index (χ1v) is 4.87. The van der Waals surface area contributed by atoms with Crippen LogP contribution in [0.15, 0.2) is 36.2 Å². The molecule has 1 fully saturated rings. The number of halogens is 1. The van der Waals surface area contributed by atoms with Gasteiger partial charge in [-0.1, -0.05) is 23.8 Å². The molecule has 0 aliphatic carbocycles. The molecule has 2 aliphatic rings. The Bertz CT molecular complexity index is 270. The smallest absolute Gasteiger partial charge is 0.139 e. The average Bonchev–Trinajstić information content (AvgIpc) is 2.43. The van der Waals surface area contributed by atoms with Gasteiger partial charge in [0.1, 0.15) is 5.56 Å². The highest BCUT2D eigenvalue weighted by Gasteiger charge is 2.29. The lowest BCUT2D eigenvalue weighted by molar-refractivity contribution is 0.158. The molecule has 0 radical (unpaired) electrons. The van der Waals surface area contributed by atoms with Gasteiger partial charge in [0, 0.05) is 24.4 Å². The molecule has 0 aromatic heterocycles. The summed E-state index contributed by atoms with van der Waals surface area (Å²) >= 11 is 6.01. The van der Waals surface area contributed by atoms with Crippen molar-refractivity contribution < 1.29 is 4.74 Å². The van der Waals surface area contributed by atoms with Crippen LogP contribution in [-0.4, -0.2) is 12.2 Å². The summed E-state index contributed by atoms with van der Waals surface area (Å²) in [7, 11) is 0. The number of hydrogen-bond donors (Lipinski definition) is 1. The molecule has 2 unspecified atom stereocenters. The molecule has 3 heteroatoms. The van der Waals surface area contributed by atoms with Gasteiger partial charge in [0.05, 0.1) is 0 Å². The van der Waals surface area contributed by atoms with Crippen LogP contribution >= 0.6 is 11.6 Å². The normalized spacial score (nSPS) is 32.5. The second-order valence-corrected chi connectivity index (χ2v) is 3.56. The third-order valence-corrected chi connectivity index (χ3v) is 2.70. The first-order valence-electron chi connectivity index (χ1n) is 4.43. The lowest BCUT2D eigenvalue weighted by Crippen LogP contribution is -2.19. The van der Waals surface area contributed by atoms with Crippen molar-refractivity contribution in [3.63, 3.8) is 0 Å². The monoisotopic (exact) mass is 197 g/mol. The Labute approximate surface area is 82.9 Å². The zero-order valence-corrected chi connectivity index (χ0v) is 8.00. The second-order valence-electron chi connectivity index (χ2n) is 3.13. The van der Waals surface area contributed by atoms with Gasteiger partial charge < -0.3 is 10.1 Å². The minimum Gasteiger partial charge on any atom is -0.365 e. The fourth-order valence-corrected chi connectivity index (χ4v) is 1.90. The Balaban J connectivity index is 2.11. The topological polar surface area (TPSA) is 21.3 Å². The number of allylic oxidation sites excluding steroid dienone is 4. The highest BCUT2D eigenvalue weighted by molar-refractivity contribution is 6.20. The van der Waals surface area contributed by atoms with E-state index in [-0.39, 0.29) is 5.56 Å². The molecule has 2 aliphatic heterocycles. The molecule has 2 rings (SSSR count). The van der Waals surface area contributed by atoms with E-state index < -0.39 is 0 Å². The van der Waals surface area contributed by atoms with Crippen molar-refractivity contribution in [2.75, 3.05) is 6.61 Å². The van der Waals surface area contributed by atoms with Gasteiger partial charge in [-0.05, 0) is 18.6 Å². The van der Waals surface area contributed by atoms with Crippen LogP contribution in [0.4, 0.5) is 0 Å². The van der Waals surface area contributed by atoms with E-state index in [2.05, 4.69) is 11.4 Å². The van der Waals surface area contributed by atoms with Crippen molar-refractivity contribution in [1.29, 1.82) is 0 Å². The highest BCUT2D eigenvalue weighted by Crippen LogP contribution is 2.29. The summed E-state index contributed by atoms with van der Waals surface area (Å²) in [4.78, 5) is 0. The largest absolute Gasteiger partial charge is 0.365 e. The molecule has 0 bridgehead atoms. The summed E-state index contributed by atoms with van der Waals surface area (Å²) in [5.41, 5.74) is 0.959. The summed E-state index contributed by atoms with van der Waals surface area (Å²) in [6, 6.07) is 0. The van der Waals surface area contributed by atoms with E-state index in [0.717, 1.165) is 18.7 Å². The van der Waals surface area contributed by atoms with Gasteiger partial charge >= 0.3 is 0 Å². The van der Waals surface area contributed by atoms with E-state index in [1.807, 2.05) is 24.4 Å². The molecule has 0 saturated carbocycles. The molecule has 2 nitrogen and oxygen atoms in total. The van der Waals surface area contributed by atoms with Crippen molar-refractivity contribution in [2.45, 2.75) is 12.0 Å². The average molecular weight is 198 g/mol. The fourth-order valence-electron chi connectivity index (χ4n) is 1.55. The van der Waals surface area contributed by atoms with E-state index in [0.29, 0.717) is 5.92 Å². The summed E-state index contributed by atoms with van der Waals surface area (Å²) in [6.45, 7) is 0.755. The number of hydrogen-bond acceptors (Lipinski definition) is 2. The molecule has 2 heterocycles. The van der Waals surface area contributed by atoms with Crippen LogP contribution in [0.25, 0.3) is 0 Å².